The first kappa shape index (κ1) is 31.1. The highest BCUT2D eigenvalue weighted by Gasteiger charge is 2.45. The van der Waals surface area contributed by atoms with E-state index in [-0.39, 0.29) is 5.16 Å². The Morgan fingerprint density at radius 1 is 0.841 bits per heavy atom. The van der Waals surface area contributed by atoms with Crippen molar-refractivity contribution in [1.82, 2.24) is 9.55 Å². The van der Waals surface area contributed by atoms with Gasteiger partial charge in [0.15, 0.2) is 0 Å². The summed E-state index contributed by atoms with van der Waals surface area (Å²) in [6.45, 7) is 6.50. The Hall–Kier alpha value is -4.32. The lowest BCUT2D eigenvalue weighted by atomic mass is 9.41. The van der Waals surface area contributed by atoms with E-state index in [9.17, 15) is 0 Å². The Bertz CT molecular complexity index is 1590. The number of benzene rings is 4. The molecule has 6 rings (SSSR count). The van der Waals surface area contributed by atoms with E-state index in [0.29, 0.717) is 6.71 Å². The SMILES string of the molecule is C=CB(c1ccccc1)c1ccccc1.CCC[SiH](C1=CC(=S)CC=C1)C(c1ccccc1)(c1ccccc1)n1ccnc1. The Balaban J connectivity index is 0.000000215. The van der Waals surface area contributed by atoms with Crippen LogP contribution in [0.4, 0.5) is 0 Å². The first-order chi connectivity index (χ1) is 21.7. The van der Waals surface area contributed by atoms with Crippen LogP contribution in [0.3, 0.4) is 0 Å². The molecule has 2 nitrogen and oxygen atoms in total. The van der Waals surface area contributed by atoms with Gasteiger partial charge in [0.2, 0.25) is 6.71 Å². The molecule has 1 atom stereocenters. The molecule has 5 heteroatoms. The Labute approximate surface area is 270 Å². The van der Waals surface area contributed by atoms with Crippen LogP contribution in [-0.2, 0) is 5.16 Å². The van der Waals surface area contributed by atoms with Crippen LogP contribution < -0.4 is 10.9 Å². The summed E-state index contributed by atoms with van der Waals surface area (Å²) < 4.78 is 2.34. The smallest absolute Gasteiger partial charge is 0.233 e. The topological polar surface area (TPSA) is 17.8 Å². The van der Waals surface area contributed by atoms with Crippen molar-refractivity contribution in [2.45, 2.75) is 31.0 Å². The lowest BCUT2D eigenvalue weighted by Crippen LogP contribution is -2.51. The van der Waals surface area contributed by atoms with Gasteiger partial charge in [0.1, 0.15) is 8.80 Å². The number of imidazole rings is 1. The summed E-state index contributed by atoms with van der Waals surface area (Å²) in [6, 6.07) is 43.9. The van der Waals surface area contributed by atoms with Gasteiger partial charge in [0.25, 0.3) is 0 Å². The predicted octanol–water partition coefficient (Wildman–Crippen LogP) is 7.67. The highest BCUT2D eigenvalue weighted by Crippen LogP contribution is 2.41. The third kappa shape index (κ3) is 6.91. The summed E-state index contributed by atoms with van der Waals surface area (Å²) in [5.74, 6) is 1.99. The molecule has 1 unspecified atom stereocenters. The maximum absolute atomic E-state index is 5.62. The molecule has 1 aromatic heterocycles. The summed E-state index contributed by atoms with van der Waals surface area (Å²) in [7, 11) is -1.64. The van der Waals surface area contributed by atoms with Crippen LogP contribution in [0, 0.1) is 0 Å². The third-order valence-electron chi connectivity index (χ3n) is 8.33. The number of hydrogen-bond donors (Lipinski definition) is 0. The van der Waals surface area contributed by atoms with Gasteiger partial charge < -0.3 is 4.57 Å². The zero-order valence-corrected chi connectivity index (χ0v) is 27.3. The molecule has 1 heterocycles. The zero-order chi connectivity index (χ0) is 30.6. The van der Waals surface area contributed by atoms with Gasteiger partial charge in [-0.2, -0.15) is 0 Å². The van der Waals surface area contributed by atoms with Crippen molar-refractivity contribution in [3.8, 4) is 0 Å². The van der Waals surface area contributed by atoms with Crippen molar-refractivity contribution in [3.05, 3.63) is 187 Å². The monoisotopic (exact) mass is 606 g/mol. The van der Waals surface area contributed by atoms with Gasteiger partial charge in [-0.3, -0.25) is 0 Å². The molecule has 0 spiro atoms. The minimum Gasteiger partial charge on any atom is -0.326 e. The van der Waals surface area contributed by atoms with Gasteiger partial charge in [-0.25, -0.2) is 4.98 Å². The van der Waals surface area contributed by atoms with Crippen LogP contribution in [0.25, 0.3) is 0 Å². The van der Waals surface area contributed by atoms with Crippen molar-refractivity contribution >= 4 is 43.5 Å². The molecule has 0 radical (unpaired) electrons. The fourth-order valence-corrected chi connectivity index (χ4v) is 11.0. The standard InChI is InChI=1S/C25H26N2SSi.C14H13B/c1-2-18-29(24-15-9-14-23(28)19-24)25(27-17-16-26-20-27,21-10-5-3-6-11-21)22-12-7-4-8-13-22;1-2-15(13-9-5-3-6-10-13)14-11-7-4-8-12-14/h3-13,15-17,19-20,29H,2,14,18H2,1H3;2-12H,1H2. The summed E-state index contributed by atoms with van der Waals surface area (Å²) >= 11 is 5.62. The Morgan fingerprint density at radius 3 is 1.80 bits per heavy atom. The number of thiocarbonyl (C=S) groups is 1. The fourth-order valence-electron chi connectivity index (χ4n) is 6.41. The van der Waals surface area contributed by atoms with Crippen molar-refractivity contribution < 1.29 is 0 Å². The van der Waals surface area contributed by atoms with E-state index in [2.05, 4.69) is 157 Å². The van der Waals surface area contributed by atoms with Crippen LogP contribution >= 0.6 is 12.2 Å². The summed E-state index contributed by atoms with van der Waals surface area (Å²) in [5, 5.41) is 1.17. The van der Waals surface area contributed by atoms with Gasteiger partial charge in [0.05, 0.1) is 11.5 Å². The van der Waals surface area contributed by atoms with Crippen LogP contribution in [0.5, 0.6) is 0 Å². The quantitative estimate of drug-likeness (QED) is 0.120. The third-order valence-corrected chi connectivity index (χ3v) is 12.9. The minimum absolute atomic E-state index is 0.266. The molecule has 1 aliphatic rings. The van der Waals surface area contributed by atoms with E-state index in [1.165, 1.54) is 33.3 Å². The summed E-state index contributed by atoms with van der Waals surface area (Å²) in [5.41, 5.74) is 5.22. The van der Waals surface area contributed by atoms with Crippen LogP contribution in [-0.4, -0.2) is 29.9 Å². The van der Waals surface area contributed by atoms with E-state index in [1.54, 1.807) is 0 Å². The molecule has 218 valence electrons. The Kier molecular flexibility index (Phi) is 10.9. The van der Waals surface area contributed by atoms with Gasteiger partial charge in [-0.05, 0) is 17.2 Å². The summed E-state index contributed by atoms with van der Waals surface area (Å²) in [6.07, 6.45) is 14.9. The molecule has 0 saturated heterocycles. The number of aromatic nitrogens is 2. The fraction of sp³-hybridized carbons (Fsp3) is 0.128. The molecule has 0 amide bonds. The lowest BCUT2D eigenvalue weighted by Gasteiger charge is -2.43. The average molecular weight is 607 g/mol. The molecular weight excluding hydrogens is 567 g/mol. The van der Waals surface area contributed by atoms with Crippen molar-refractivity contribution in [1.29, 1.82) is 0 Å². The molecule has 0 saturated carbocycles. The number of nitrogens with zero attached hydrogens (tertiary/aromatic N) is 2. The molecule has 0 bridgehead atoms. The molecule has 44 heavy (non-hydrogen) atoms. The number of allylic oxidation sites excluding steroid dienone is 4. The molecular formula is C39H39BN2SSi. The number of hydrogen-bond acceptors (Lipinski definition) is 2. The average Bonchev–Trinajstić information content (AvgIpc) is 3.63. The number of rotatable bonds is 10. The maximum atomic E-state index is 5.62. The molecule has 0 N–H and O–H groups in total. The van der Waals surface area contributed by atoms with Crippen LogP contribution in [0.2, 0.25) is 6.04 Å². The zero-order valence-electron chi connectivity index (χ0n) is 25.4. The van der Waals surface area contributed by atoms with Gasteiger partial charge in [-0.1, -0.05) is 181 Å². The lowest BCUT2D eigenvalue weighted by molar-refractivity contribution is 0.580. The highest BCUT2D eigenvalue weighted by atomic mass is 32.1. The van der Waals surface area contributed by atoms with Crippen molar-refractivity contribution in [2.75, 3.05) is 0 Å². The Morgan fingerprint density at radius 2 is 1.36 bits per heavy atom. The van der Waals surface area contributed by atoms with Gasteiger partial charge in [-0.15, -0.1) is 12.6 Å². The van der Waals surface area contributed by atoms with Crippen molar-refractivity contribution in [2.24, 2.45) is 0 Å². The van der Waals surface area contributed by atoms with E-state index < -0.39 is 8.80 Å². The van der Waals surface area contributed by atoms with E-state index >= 15 is 0 Å². The predicted molar refractivity (Wildman–Crippen MR) is 196 cm³/mol. The highest BCUT2D eigenvalue weighted by molar-refractivity contribution is 7.80. The van der Waals surface area contributed by atoms with Gasteiger partial charge >= 0.3 is 0 Å². The second-order valence-corrected chi connectivity index (χ2v) is 14.8. The summed E-state index contributed by atoms with van der Waals surface area (Å²) in [4.78, 5) is 5.50. The maximum Gasteiger partial charge on any atom is 0.233 e. The largest absolute Gasteiger partial charge is 0.326 e. The first-order valence-electron chi connectivity index (χ1n) is 15.4. The van der Waals surface area contributed by atoms with Crippen LogP contribution in [0.1, 0.15) is 30.9 Å². The second-order valence-electron chi connectivity index (χ2n) is 11.1. The van der Waals surface area contributed by atoms with Crippen molar-refractivity contribution in [3.63, 3.8) is 0 Å². The first-order valence-corrected chi connectivity index (χ1v) is 17.8. The minimum atomic E-state index is -1.64. The molecule has 1 aliphatic carbocycles. The van der Waals surface area contributed by atoms with E-state index in [0.717, 1.165) is 17.7 Å². The molecule has 0 aliphatic heterocycles. The molecule has 5 aromatic rings. The van der Waals surface area contributed by atoms with Gasteiger partial charge in [0, 0.05) is 23.7 Å². The van der Waals surface area contributed by atoms with E-state index in [4.69, 9.17) is 12.2 Å². The normalized spacial score (nSPS) is 13.3. The molecule has 4 aromatic carbocycles. The van der Waals surface area contributed by atoms with E-state index in [1.807, 2.05) is 30.6 Å². The van der Waals surface area contributed by atoms with Crippen LogP contribution in [0.15, 0.2) is 176 Å². The molecule has 0 fully saturated rings. The second kappa shape index (κ2) is 15.4.